The molecule has 8 heteroatoms. The van der Waals surface area contributed by atoms with E-state index in [4.69, 9.17) is 0 Å². The first kappa shape index (κ1) is 15.7. The first-order valence-electron chi connectivity index (χ1n) is 7.46. The number of piperazine rings is 1. The number of imidazole rings is 1. The summed E-state index contributed by atoms with van der Waals surface area (Å²) in [4.78, 5) is 43.0. The van der Waals surface area contributed by atoms with Gasteiger partial charge in [0.25, 0.3) is 5.91 Å². The Kier molecular flexibility index (Phi) is 4.03. The molecule has 3 heterocycles. The molecule has 0 bridgehead atoms. The highest BCUT2D eigenvalue weighted by atomic mass is 16.2. The van der Waals surface area contributed by atoms with Crippen LogP contribution in [0.25, 0.3) is 5.65 Å². The number of fused-ring (bicyclic) bond motifs is 1. The smallest absolute Gasteiger partial charge is 0.252 e. The summed E-state index contributed by atoms with van der Waals surface area (Å²) in [5, 5.41) is 2.56. The van der Waals surface area contributed by atoms with E-state index in [1.165, 1.54) is 11.0 Å². The lowest BCUT2D eigenvalue weighted by Gasteiger charge is -2.32. The summed E-state index contributed by atoms with van der Waals surface area (Å²) in [6.45, 7) is 4.22. The van der Waals surface area contributed by atoms with Crippen molar-refractivity contribution < 1.29 is 14.4 Å². The number of nitrogens with one attached hydrogen (secondary N) is 1. The van der Waals surface area contributed by atoms with E-state index in [9.17, 15) is 14.4 Å². The number of pyridine rings is 1. The third kappa shape index (κ3) is 2.73. The Morgan fingerprint density at radius 1 is 1.29 bits per heavy atom. The molecule has 1 aliphatic rings. The summed E-state index contributed by atoms with van der Waals surface area (Å²) < 4.78 is 1.70. The van der Waals surface area contributed by atoms with Gasteiger partial charge in [0.1, 0.15) is 12.2 Å². The molecule has 1 aliphatic heterocycles. The van der Waals surface area contributed by atoms with E-state index >= 15 is 0 Å². The van der Waals surface area contributed by atoms with Crippen molar-refractivity contribution in [3.63, 3.8) is 0 Å². The molecule has 0 saturated carbocycles. The van der Waals surface area contributed by atoms with E-state index in [0.717, 1.165) is 0 Å². The third-order valence-electron chi connectivity index (χ3n) is 3.91. The van der Waals surface area contributed by atoms with Crippen molar-refractivity contribution in [2.24, 2.45) is 0 Å². The predicted octanol–water partition coefficient (Wildman–Crippen LogP) is 0.0551. The molecule has 3 rings (SSSR count). The summed E-state index contributed by atoms with van der Waals surface area (Å²) in [5.74, 6) is -0.154. The fourth-order valence-electron chi connectivity index (χ4n) is 2.62. The van der Waals surface area contributed by atoms with E-state index in [-0.39, 0.29) is 24.3 Å². The summed E-state index contributed by atoms with van der Waals surface area (Å²) >= 11 is 0. The summed E-state index contributed by atoms with van der Waals surface area (Å²) in [7, 11) is 1.56. The van der Waals surface area contributed by atoms with Crippen LogP contribution in [0.1, 0.15) is 10.4 Å². The van der Waals surface area contributed by atoms with Crippen LogP contribution in [0.2, 0.25) is 0 Å². The van der Waals surface area contributed by atoms with Gasteiger partial charge in [-0.1, -0.05) is 6.58 Å². The molecule has 0 spiro atoms. The monoisotopic (exact) mass is 327 g/mol. The minimum Gasteiger partial charge on any atom is -0.355 e. The normalized spacial score (nSPS) is 14.8. The molecule has 2 aromatic rings. The Morgan fingerprint density at radius 3 is 2.75 bits per heavy atom. The Balaban J connectivity index is 1.85. The SMILES string of the molecule is C=CC(=O)N1CCN(c2cn3cc(C(=O)NC)ccc3n2)C(=O)C1. The first-order chi connectivity index (χ1) is 11.5. The van der Waals surface area contributed by atoms with Crippen LogP contribution in [-0.2, 0) is 9.59 Å². The van der Waals surface area contributed by atoms with E-state index in [0.29, 0.717) is 30.1 Å². The van der Waals surface area contributed by atoms with Gasteiger partial charge in [0.2, 0.25) is 11.8 Å². The molecule has 0 radical (unpaired) electrons. The number of hydrogen-bond donors (Lipinski definition) is 1. The fourth-order valence-corrected chi connectivity index (χ4v) is 2.62. The molecule has 1 fully saturated rings. The Labute approximate surface area is 138 Å². The van der Waals surface area contributed by atoms with E-state index in [1.54, 1.807) is 40.9 Å². The second-order valence-electron chi connectivity index (χ2n) is 5.37. The van der Waals surface area contributed by atoms with Gasteiger partial charge in [-0.25, -0.2) is 4.98 Å². The van der Waals surface area contributed by atoms with Gasteiger partial charge in [0.05, 0.1) is 11.8 Å². The highest BCUT2D eigenvalue weighted by Gasteiger charge is 2.28. The Bertz CT molecular complexity index is 841. The summed E-state index contributed by atoms with van der Waals surface area (Å²) in [6, 6.07) is 3.39. The van der Waals surface area contributed by atoms with Crippen molar-refractivity contribution >= 4 is 29.2 Å². The van der Waals surface area contributed by atoms with Crippen molar-refractivity contribution in [3.8, 4) is 0 Å². The first-order valence-corrected chi connectivity index (χ1v) is 7.46. The molecule has 2 aromatic heterocycles. The van der Waals surface area contributed by atoms with E-state index in [2.05, 4.69) is 16.9 Å². The van der Waals surface area contributed by atoms with Crippen molar-refractivity contribution in [3.05, 3.63) is 42.7 Å². The maximum absolute atomic E-state index is 12.3. The highest BCUT2D eigenvalue weighted by molar-refractivity contribution is 5.99. The molecule has 8 nitrogen and oxygen atoms in total. The molecule has 3 amide bonds. The zero-order chi connectivity index (χ0) is 17.3. The molecular weight excluding hydrogens is 310 g/mol. The number of nitrogens with zero attached hydrogens (tertiary/aromatic N) is 4. The molecule has 0 aromatic carbocycles. The van der Waals surface area contributed by atoms with Crippen molar-refractivity contribution in [1.82, 2.24) is 19.6 Å². The van der Waals surface area contributed by atoms with E-state index < -0.39 is 0 Å². The van der Waals surface area contributed by atoms with Crippen LogP contribution in [0.4, 0.5) is 5.82 Å². The topological polar surface area (TPSA) is 87.0 Å². The van der Waals surface area contributed by atoms with Crippen LogP contribution in [0, 0.1) is 0 Å². The number of carbonyl (C=O) groups is 3. The third-order valence-corrected chi connectivity index (χ3v) is 3.91. The molecule has 1 N–H and O–H groups in total. The maximum Gasteiger partial charge on any atom is 0.252 e. The zero-order valence-electron chi connectivity index (χ0n) is 13.2. The quantitative estimate of drug-likeness (QED) is 0.807. The van der Waals surface area contributed by atoms with Gasteiger partial charge in [-0.15, -0.1) is 0 Å². The highest BCUT2D eigenvalue weighted by Crippen LogP contribution is 2.18. The zero-order valence-corrected chi connectivity index (χ0v) is 13.2. The van der Waals surface area contributed by atoms with Crippen LogP contribution >= 0.6 is 0 Å². The van der Waals surface area contributed by atoms with Gasteiger partial charge in [-0.05, 0) is 18.2 Å². The molecule has 0 aliphatic carbocycles. The van der Waals surface area contributed by atoms with Gasteiger partial charge in [0.15, 0.2) is 5.82 Å². The second kappa shape index (κ2) is 6.15. The number of carbonyl (C=O) groups excluding carboxylic acids is 3. The van der Waals surface area contributed by atoms with Gasteiger partial charge in [0, 0.05) is 26.3 Å². The second-order valence-corrected chi connectivity index (χ2v) is 5.37. The lowest BCUT2D eigenvalue weighted by Crippen LogP contribution is -2.52. The minimum absolute atomic E-state index is 0.00220. The molecule has 0 unspecified atom stereocenters. The molecule has 24 heavy (non-hydrogen) atoms. The van der Waals surface area contributed by atoms with Crippen LogP contribution < -0.4 is 10.2 Å². The maximum atomic E-state index is 12.3. The van der Waals surface area contributed by atoms with E-state index in [1.807, 2.05) is 0 Å². The largest absolute Gasteiger partial charge is 0.355 e. The summed E-state index contributed by atoms with van der Waals surface area (Å²) in [6.07, 6.45) is 4.56. The van der Waals surface area contributed by atoms with Crippen LogP contribution in [-0.4, -0.2) is 58.7 Å². The molecule has 0 atom stereocenters. The lowest BCUT2D eigenvalue weighted by atomic mass is 10.2. The predicted molar refractivity (Wildman–Crippen MR) is 87.7 cm³/mol. The minimum atomic E-state index is -0.256. The Morgan fingerprint density at radius 2 is 2.08 bits per heavy atom. The van der Waals surface area contributed by atoms with Crippen LogP contribution in [0.15, 0.2) is 37.2 Å². The number of rotatable bonds is 3. The molecule has 1 saturated heterocycles. The average molecular weight is 327 g/mol. The lowest BCUT2D eigenvalue weighted by molar-refractivity contribution is -0.133. The number of aromatic nitrogens is 2. The van der Waals surface area contributed by atoms with Gasteiger partial charge in [-0.2, -0.15) is 0 Å². The van der Waals surface area contributed by atoms with Gasteiger partial charge < -0.3 is 14.6 Å². The molecule has 124 valence electrons. The standard InChI is InChI=1S/C16H17N5O3/c1-3-14(22)19-6-7-21(15(23)10-19)13-9-20-8-11(16(24)17-2)4-5-12(20)18-13/h3-5,8-9H,1,6-7,10H2,2H3,(H,17,24). The van der Waals surface area contributed by atoms with Gasteiger partial charge in [-0.3, -0.25) is 19.3 Å². The number of anilines is 1. The van der Waals surface area contributed by atoms with Crippen molar-refractivity contribution in [2.45, 2.75) is 0 Å². The van der Waals surface area contributed by atoms with Crippen LogP contribution in [0.5, 0.6) is 0 Å². The number of hydrogen-bond acceptors (Lipinski definition) is 4. The Hall–Kier alpha value is -3.16. The molecular formula is C16H17N5O3. The van der Waals surface area contributed by atoms with Crippen molar-refractivity contribution in [2.75, 3.05) is 31.6 Å². The van der Waals surface area contributed by atoms with Crippen LogP contribution in [0.3, 0.4) is 0 Å². The fraction of sp³-hybridized carbons (Fsp3) is 0.250. The average Bonchev–Trinajstić information content (AvgIpc) is 3.02. The van der Waals surface area contributed by atoms with Gasteiger partial charge >= 0.3 is 0 Å². The summed E-state index contributed by atoms with van der Waals surface area (Å²) in [5.41, 5.74) is 1.14. The van der Waals surface area contributed by atoms with Crippen molar-refractivity contribution in [1.29, 1.82) is 0 Å². The number of amides is 3.